The highest BCUT2D eigenvalue weighted by Crippen LogP contribution is 2.25. The third kappa shape index (κ3) is 18.8. The van der Waals surface area contributed by atoms with Gasteiger partial charge in [0.2, 0.25) is 17.7 Å². The van der Waals surface area contributed by atoms with Gasteiger partial charge in [0.25, 0.3) is 17.7 Å². The van der Waals surface area contributed by atoms with E-state index in [2.05, 4.69) is 68.4 Å². The first-order valence-electron chi connectivity index (χ1n) is 27.4. The Hall–Kier alpha value is -8.47. The summed E-state index contributed by atoms with van der Waals surface area (Å²) in [5, 5.41) is 18.0. The van der Waals surface area contributed by atoms with Gasteiger partial charge in [0.15, 0.2) is 0 Å². The zero-order valence-corrected chi connectivity index (χ0v) is 46.7. The molecule has 24 heteroatoms. The molecule has 3 aromatic carbocycles. The second-order valence-electron chi connectivity index (χ2n) is 21.0. The Kier molecular flexibility index (Phi) is 23.1. The van der Waals surface area contributed by atoms with Crippen LogP contribution in [-0.4, -0.2) is 123 Å². The molecule has 7 rings (SSSR count). The number of amides is 6. The van der Waals surface area contributed by atoms with Crippen LogP contribution in [0.3, 0.4) is 0 Å². The van der Waals surface area contributed by atoms with Crippen LogP contribution >= 0.6 is 0 Å². The Morgan fingerprint density at radius 3 is 0.988 bits per heavy atom. The Labute approximate surface area is 479 Å². The lowest BCUT2D eigenvalue weighted by molar-refractivity contribution is -0.124. The SMILES string of the molecule is C=CC(C)C[C@H](NC(=O)[C@H](Cc1ccccc1)NC(=O)c1cnccn1)B1OB([C@H](CC(C)C)NC(=O)[C@H](Cc2ccccc2)NC(=O)c2cnccn2)OB([C@H](CC(C)C)NC(=O)[C@H](Cc2ccccc2)NC(=O)c2cnccn2)O1. The van der Waals surface area contributed by atoms with Crippen molar-refractivity contribution < 1.29 is 42.5 Å². The minimum atomic E-state index is -1.35. The second kappa shape index (κ2) is 30.9. The fourth-order valence-corrected chi connectivity index (χ4v) is 9.26. The maximum Gasteiger partial charge on any atom is 0.453 e. The molecule has 1 fully saturated rings. The summed E-state index contributed by atoms with van der Waals surface area (Å²) in [6.07, 6.45) is 15.1. The minimum Gasteiger partial charge on any atom is -0.450 e. The van der Waals surface area contributed by atoms with Crippen LogP contribution in [0, 0.1) is 17.8 Å². The first-order valence-corrected chi connectivity index (χ1v) is 27.4. The highest BCUT2D eigenvalue weighted by Gasteiger charge is 2.52. The number of rotatable bonds is 28. The van der Waals surface area contributed by atoms with Crippen molar-refractivity contribution in [2.24, 2.45) is 17.8 Å². The molecule has 0 radical (unpaired) electrons. The molecule has 6 aromatic rings. The largest absolute Gasteiger partial charge is 0.453 e. The van der Waals surface area contributed by atoms with E-state index in [0.29, 0.717) is 0 Å². The van der Waals surface area contributed by atoms with E-state index in [1.54, 1.807) is 6.08 Å². The molecule has 1 aliphatic heterocycles. The molecule has 0 spiro atoms. The standard InChI is InChI=1S/C58H69B3N12O9/c1-7-40(6)31-52(73-55(76)46(34-43-21-15-10-16-22-43)70-58(79)49-37-64-25-28-67-49)61-81-59(50(29-38(2)3)71-53(74)44(32-41-17-11-8-12-18-41)68-56(77)47-35-62-23-26-65-47)80-60(82-61)51(30-39(4)5)72-54(75)45(33-42-19-13-9-14-20-42)69-57(78)48-36-63-24-27-66-48/h7-28,35-40,44-46,50-52H,1,29-34H2,2-6H3,(H,68,77)(H,69,78)(H,70,79)(H,71,74)(H,72,75)(H,73,76)/t40?,44-,45-,46-,50-,51-,52-/m0/s1. The van der Waals surface area contributed by atoms with Crippen molar-refractivity contribution in [3.8, 4) is 0 Å². The van der Waals surface area contributed by atoms with Crippen LogP contribution in [0.4, 0.5) is 0 Å². The summed E-state index contributed by atoms with van der Waals surface area (Å²) in [7, 11) is -4.02. The van der Waals surface area contributed by atoms with E-state index in [1.165, 1.54) is 55.8 Å². The smallest absolute Gasteiger partial charge is 0.450 e. The number of allylic oxidation sites excluding steroid dienone is 1. The van der Waals surface area contributed by atoms with Gasteiger partial charge in [-0.15, -0.1) is 6.58 Å². The van der Waals surface area contributed by atoms with Crippen LogP contribution < -0.4 is 31.9 Å². The van der Waals surface area contributed by atoms with Gasteiger partial charge in [-0.1, -0.05) is 132 Å². The first kappa shape index (κ1) is 61.2. The van der Waals surface area contributed by atoms with Crippen molar-refractivity contribution in [2.45, 2.75) is 109 Å². The summed E-state index contributed by atoms with van der Waals surface area (Å²) >= 11 is 0. The maximum absolute atomic E-state index is 15.0. The maximum atomic E-state index is 15.0. The summed E-state index contributed by atoms with van der Waals surface area (Å²) in [6.45, 7) is 13.8. The quantitative estimate of drug-likeness (QED) is 0.0294. The Bertz CT molecular complexity index is 2870. The molecule has 3 aromatic heterocycles. The molecule has 0 aliphatic carbocycles. The molecule has 0 saturated carbocycles. The van der Waals surface area contributed by atoms with E-state index in [4.69, 9.17) is 13.7 Å². The van der Waals surface area contributed by atoms with Crippen molar-refractivity contribution >= 4 is 56.8 Å². The number of hydrogen-bond acceptors (Lipinski definition) is 15. The van der Waals surface area contributed by atoms with Crippen LogP contribution in [0.5, 0.6) is 0 Å². The predicted molar refractivity (Wildman–Crippen MR) is 309 cm³/mol. The Morgan fingerprint density at radius 2 is 0.732 bits per heavy atom. The van der Waals surface area contributed by atoms with E-state index in [0.717, 1.165) is 16.7 Å². The number of nitrogens with zero attached hydrogens (tertiary/aromatic N) is 6. The molecular weight excluding hydrogens is 1040 g/mol. The van der Waals surface area contributed by atoms with Crippen molar-refractivity contribution in [3.63, 3.8) is 0 Å². The second-order valence-corrected chi connectivity index (χ2v) is 21.0. The summed E-state index contributed by atoms with van der Waals surface area (Å²) in [4.78, 5) is 110. The molecule has 21 nitrogen and oxygen atoms in total. The average Bonchev–Trinajstić information content (AvgIpc) is 3.63. The van der Waals surface area contributed by atoms with Gasteiger partial charge in [0.1, 0.15) is 35.2 Å². The van der Waals surface area contributed by atoms with E-state index < -0.39 is 92.7 Å². The van der Waals surface area contributed by atoms with Gasteiger partial charge < -0.3 is 45.6 Å². The lowest BCUT2D eigenvalue weighted by atomic mass is 9.58. The number of carbonyl (C=O) groups excluding carboxylic acids is 6. The Morgan fingerprint density at radius 1 is 0.439 bits per heavy atom. The fraction of sp³-hybridized carbons (Fsp3) is 0.345. The third-order valence-corrected chi connectivity index (χ3v) is 13.4. The molecule has 82 heavy (non-hydrogen) atoms. The number of nitrogens with one attached hydrogen (secondary N) is 6. The molecule has 0 bridgehead atoms. The molecule has 1 unspecified atom stereocenters. The van der Waals surface area contributed by atoms with E-state index >= 15 is 0 Å². The van der Waals surface area contributed by atoms with Gasteiger partial charge in [0.05, 0.1) is 36.4 Å². The number of aromatic nitrogens is 6. The lowest BCUT2D eigenvalue weighted by Crippen LogP contribution is -2.69. The van der Waals surface area contributed by atoms with Crippen LogP contribution in [-0.2, 0) is 47.4 Å². The average molecular weight is 1110 g/mol. The lowest BCUT2D eigenvalue weighted by Gasteiger charge is -2.41. The monoisotopic (exact) mass is 1110 g/mol. The summed E-state index contributed by atoms with van der Waals surface area (Å²) in [6, 6.07) is 24.2. The third-order valence-electron chi connectivity index (χ3n) is 13.4. The van der Waals surface area contributed by atoms with Crippen LogP contribution in [0.2, 0.25) is 0 Å². The molecule has 1 saturated heterocycles. The fourth-order valence-electron chi connectivity index (χ4n) is 9.26. The van der Waals surface area contributed by atoms with Gasteiger partial charge in [-0.2, -0.15) is 0 Å². The molecule has 6 N–H and O–H groups in total. The van der Waals surface area contributed by atoms with Gasteiger partial charge in [-0.3, -0.25) is 43.7 Å². The predicted octanol–water partition coefficient (Wildman–Crippen LogP) is 4.38. The number of hydrogen-bond donors (Lipinski definition) is 6. The summed E-state index contributed by atoms with van der Waals surface area (Å²) in [5.41, 5.74) is 2.30. The van der Waals surface area contributed by atoms with Crippen molar-refractivity contribution in [2.75, 3.05) is 0 Å². The summed E-state index contributed by atoms with van der Waals surface area (Å²) in [5.74, 6) is -6.94. The summed E-state index contributed by atoms with van der Waals surface area (Å²) < 4.78 is 20.6. The molecule has 7 atom stereocenters. The van der Waals surface area contributed by atoms with Gasteiger partial charge in [-0.05, 0) is 53.7 Å². The van der Waals surface area contributed by atoms with Crippen molar-refractivity contribution in [3.05, 3.63) is 193 Å². The highest BCUT2D eigenvalue weighted by molar-refractivity contribution is 6.75. The molecule has 6 amide bonds. The van der Waals surface area contributed by atoms with E-state index in [1.807, 2.05) is 126 Å². The van der Waals surface area contributed by atoms with Crippen molar-refractivity contribution in [1.82, 2.24) is 61.8 Å². The van der Waals surface area contributed by atoms with Crippen LogP contribution in [0.1, 0.15) is 102 Å². The zero-order chi connectivity index (χ0) is 58.4. The van der Waals surface area contributed by atoms with E-state index in [9.17, 15) is 28.8 Å². The van der Waals surface area contributed by atoms with Gasteiger partial charge in [-0.25, -0.2) is 15.0 Å². The molecule has 1 aliphatic rings. The number of benzene rings is 3. The molecule has 4 heterocycles. The topological polar surface area (TPSA) is 280 Å². The van der Waals surface area contributed by atoms with Crippen LogP contribution in [0.25, 0.3) is 0 Å². The number of carbonyl (C=O) groups is 6. The Balaban J connectivity index is 1.27. The van der Waals surface area contributed by atoms with E-state index in [-0.39, 0.29) is 73.4 Å². The first-order chi connectivity index (χ1) is 39.6. The van der Waals surface area contributed by atoms with Gasteiger partial charge in [0, 0.05) is 56.4 Å². The van der Waals surface area contributed by atoms with Crippen molar-refractivity contribution in [1.29, 1.82) is 0 Å². The minimum absolute atomic E-state index is 0.00193. The molecular formula is C58H69B3N12O9. The normalized spacial score (nSPS) is 14.9. The zero-order valence-electron chi connectivity index (χ0n) is 46.7. The molecule has 424 valence electrons. The highest BCUT2D eigenvalue weighted by atomic mass is 16.7. The van der Waals surface area contributed by atoms with Crippen LogP contribution in [0.15, 0.2) is 159 Å². The van der Waals surface area contributed by atoms with Gasteiger partial charge >= 0.3 is 21.4 Å².